The third-order valence-electron chi connectivity index (χ3n) is 7.62. The zero-order valence-corrected chi connectivity index (χ0v) is 25.4. The Hall–Kier alpha value is -4.53. The molecule has 0 saturated carbocycles. The molecule has 244 valence electrons. The van der Waals surface area contributed by atoms with E-state index in [1.54, 1.807) is 6.07 Å². The number of aromatic nitrogens is 4. The van der Waals surface area contributed by atoms with Crippen LogP contribution in [-0.4, -0.2) is 102 Å². The lowest BCUT2D eigenvalue weighted by Gasteiger charge is -2.48. The van der Waals surface area contributed by atoms with Gasteiger partial charge in [0.1, 0.15) is 18.3 Å². The minimum absolute atomic E-state index is 0.0144. The lowest BCUT2D eigenvalue weighted by molar-refractivity contribution is -0.372. The number of carbonyl (C=O) groups is 2. The second-order valence-electron chi connectivity index (χ2n) is 11.4. The first kappa shape index (κ1) is 32.9. The van der Waals surface area contributed by atoms with Crippen LogP contribution in [0.15, 0.2) is 36.5 Å². The summed E-state index contributed by atoms with van der Waals surface area (Å²) >= 11 is 0. The molecule has 0 bridgehead atoms. The number of amides is 1. The van der Waals surface area contributed by atoms with E-state index in [4.69, 9.17) is 34.4 Å². The van der Waals surface area contributed by atoms with Crippen LogP contribution in [0.4, 0.5) is 4.39 Å². The van der Waals surface area contributed by atoms with Crippen LogP contribution in [0.2, 0.25) is 0 Å². The average Bonchev–Trinajstić information content (AvgIpc) is 3.49. The van der Waals surface area contributed by atoms with E-state index in [2.05, 4.69) is 15.0 Å². The molecule has 2 aliphatic heterocycles. The van der Waals surface area contributed by atoms with Crippen LogP contribution in [-0.2, 0) is 34.3 Å². The van der Waals surface area contributed by atoms with Crippen molar-refractivity contribution in [3.8, 4) is 34.7 Å². The highest BCUT2D eigenvalue weighted by molar-refractivity contribution is 5.86. The fraction of sp³-hybridized carbons (Fsp3) is 0.467. The molecule has 46 heavy (non-hydrogen) atoms. The fourth-order valence-corrected chi connectivity index (χ4v) is 5.07. The monoisotopic (exact) mass is 639 g/mol. The number of nitrogens with one attached hydrogen (secondary N) is 1. The van der Waals surface area contributed by atoms with Crippen molar-refractivity contribution in [2.75, 3.05) is 53.7 Å². The van der Waals surface area contributed by atoms with Crippen molar-refractivity contribution < 1.29 is 42.8 Å². The van der Waals surface area contributed by atoms with Crippen molar-refractivity contribution in [3.05, 3.63) is 48.2 Å². The number of nitriles is 1. The number of carbonyl (C=O) groups excluding carboxylic acids is 1. The number of likely N-dealkylation sites (N-methyl/N-ethyl adjacent to an activating group) is 1. The van der Waals surface area contributed by atoms with E-state index in [1.807, 2.05) is 32.0 Å². The van der Waals surface area contributed by atoms with E-state index in [0.717, 1.165) is 0 Å². The lowest BCUT2D eigenvalue weighted by atomic mass is 9.76. The molecule has 15 nitrogen and oxygen atoms in total. The fourth-order valence-electron chi connectivity index (χ4n) is 5.07. The molecule has 0 spiro atoms. The number of hydrogen-bond donors (Lipinski definition) is 3. The van der Waals surface area contributed by atoms with Gasteiger partial charge in [-0.3, -0.25) is 9.59 Å². The number of benzene rings is 1. The summed E-state index contributed by atoms with van der Waals surface area (Å²) in [5.41, 5.74) is 4.69. The normalized spacial score (nSPS) is 24.6. The molecule has 16 heteroatoms. The second-order valence-corrected chi connectivity index (χ2v) is 11.4. The SMILES string of the molecule is CC1COC(c2nc(-c3ccc(F)cc3)c(-c3ccnc(OCCN(C)C)n3)[nH]2)(C(C#N)(C(N)=O)C2OCC(C(=O)O)CO2)OC1. The van der Waals surface area contributed by atoms with E-state index in [1.165, 1.54) is 30.5 Å². The number of hydrogen-bond acceptors (Lipinski definition) is 12. The summed E-state index contributed by atoms with van der Waals surface area (Å²) in [6.45, 7) is 2.05. The Morgan fingerprint density at radius 1 is 1.17 bits per heavy atom. The molecule has 1 atom stereocenters. The quantitative estimate of drug-likeness (QED) is 0.272. The number of halogens is 1. The Bertz CT molecular complexity index is 1600. The predicted molar refractivity (Wildman–Crippen MR) is 156 cm³/mol. The molecule has 2 fully saturated rings. The van der Waals surface area contributed by atoms with Gasteiger partial charge in [-0.1, -0.05) is 6.92 Å². The number of imidazole rings is 1. The minimum Gasteiger partial charge on any atom is -0.481 e. The van der Waals surface area contributed by atoms with Gasteiger partial charge >= 0.3 is 12.0 Å². The molecule has 2 aliphatic rings. The summed E-state index contributed by atoms with van der Waals surface area (Å²) in [5.74, 6) is -6.56. The first-order valence-electron chi connectivity index (χ1n) is 14.4. The van der Waals surface area contributed by atoms with Gasteiger partial charge < -0.3 is 44.4 Å². The van der Waals surface area contributed by atoms with Gasteiger partial charge in [0.15, 0.2) is 12.1 Å². The van der Waals surface area contributed by atoms with Crippen LogP contribution < -0.4 is 10.5 Å². The molecule has 1 unspecified atom stereocenters. The van der Waals surface area contributed by atoms with Crippen LogP contribution in [0.5, 0.6) is 6.01 Å². The molecule has 1 amide bonds. The summed E-state index contributed by atoms with van der Waals surface area (Å²) < 4.78 is 43.5. The lowest BCUT2D eigenvalue weighted by Crippen LogP contribution is -2.66. The summed E-state index contributed by atoms with van der Waals surface area (Å²) in [5, 5.41) is 20.1. The van der Waals surface area contributed by atoms with Crippen molar-refractivity contribution in [3.63, 3.8) is 0 Å². The van der Waals surface area contributed by atoms with Gasteiger partial charge in [0.05, 0.1) is 49.6 Å². The third kappa shape index (κ3) is 6.15. The summed E-state index contributed by atoms with van der Waals surface area (Å²) in [6.07, 6.45) is -0.212. The Balaban J connectivity index is 1.67. The number of aromatic amines is 1. The molecular formula is C30H34FN7O8. The number of carboxylic acids is 1. The van der Waals surface area contributed by atoms with Crippen molar-refractivity contribution >= 4 is 11.9 Å². The number of nitrogens with two attached hydrogens (primary N) is 1. The van der Waals surface area contributed by atoms with Gasteiger partial charge in [0, 0.05) is 24.2 Å². The van der Waals surface area contributed by atoms with Crippen LogP contribution in [0.25, 0.3) is 22.6 Å². The van der Waals surface area contributed by atoms with Crippen LogP contribution in [0.1, 0.15) is 12.7 Å². The van der Waals surface area contributed by atoms with Gasteiger partial charge in [-0.15, -0.1) is 0 Å². The maximum absolute atomic E-state index is 14.0. The molecule has 5 rings (SSSR count). The highest BCUT2D eigenvalue weighted by Gasteiger charge is 2.69. The highest BCUT2D eigenvalue weighted by Crippen LogP contribution is 2.51. The minimum atomic E-state index is -2.53. The summed E-state index contributed by atoms with van der Waals surface area (Å²) in [7, 11) is 3.80. The Morgan fingerprint density at radius 2 is 1.85 bits per heavy atom. The molecule has 4 N–H and O–H groups in total. The second kappa shape index (κ2) is 13.4. The van der Waals surface area contributed by atoms with Crippen molar-refractivity contribution in [2.24, 2.45) is 23.0 Å². The van der Waals surface area contributed by atoms with Gasteiger partial charge in [-0.05, 0) is 44.4 Å². The van der Waals surface area contributed by atoms with E-state index in [-0.39, 0.29) is 55.6 Å². The van der Waals surface area contributed by atoms with Crippen molar-refractivity contribution in [1.82, 2.24) is 24.8 Å². The van der Waals surface area contributed by atoms with E-state index in [0.29, 0.717) is 24.4 Å². The van der Waals surface area contributed by atoms with Gasteiger partial charge in [-0.2, -0.15) is 10.2 Å². The molecule has 3 aromatic rings. The van der Waals surface area contributed by atoms with E-state index < -0.39 is 41.1 Å². The number of nitrogens with zero attached hydrogens (tertiary/aromatic N) is 5. The first-order chi connectivity index (χ1) is 22.0. The number of carboxylic acid groups (broad SMARTS) is 1. The van der Waals surface area contributed by atoms with Crippen LogP contribution >= 0.6 is 0 Å². The number of primary amides is 1. The highest BCUT2D eigenvalue weighted by atomic mass is 19.1. The molecule has 2 saturated heterocycles. The van der Waals surface area contributed by atoms with E-state index in [9.17, 15) is 24.3 Å². The predicted octanol–water partition coefficient (Wildman–Crippen LogP) is 1.52. The largest absolute Gasteiger partial charge is 0.481 e. The third-order valence-corrected chi connectivity index (χ3v) is 7.62. The average molecular weight is 640 g/mol. The number of H-pyrrole nitrogens is 1. The zero-order valence-electron chi connectivity index (χ0n) is 25.4. The summed E-state index contributed by atoms with van der Waals surface area (Å²) in [4.78, 5) is 43.5. The molecule has 1 aromatic carbocycles. The molecule has 2 aromatic heterocycles. The van der Waals surface area contributed by atoms with Gasteiger partial charge in [0.25, 0.3) is 5.79 Å². The van der Waals surface area contributed by atoms with Crippen molar-refractivity contribution in [1.29, 1.82) is 5.26 Å². The smallest absolute Gasteiger partial charge is 0.316 e. The first-order valence-corrected chi connectivity index (χ1v) is 14.4. The Labute approximate surface area is 263 Å². The van der Waals surface area contributed by atoms with Gasteiger partial charge in [0.2, 0.25) is 11.3 Å². The molecule has 4 heterocycles. The molecule has 0 radical (unpaired) electrons. The maximum atomic E-state index is 14.0. The topological polar surface area (TPSA) is 208 Å². The Morgan fingerprint density at radius 3 is 2.43 bits per heavy atom. The summed E-state index contributed by atoms with van der Waals surface area (Å²) in [6, 6.07) is 9.09. The number of rotatable bonds is 11. The zero-order chi connectivity index (χ0) is 33.1. The maximum Gasteiger partial charge on any atom is 0.316 e. The molecule has 0 aliphatic carbocycles. The van der Waals surface area contributed by atoms with Gasteiger partial charge in [-0.25, -0.2) is 14.4 Å². The van der Waals surface area contributed by atoms with E-state index >= 15 is 0 Å². The van der Waals surface area contributed by atoms with Crippen molar-refractivity contribution in [2.45, 2.75) is 19.0 Å². The number of aliphatic carboxylic acids is 1. The van der Waals surface area contributed by atoms with Crippen LogP contribution in [0.3, 0.4) is 0 Å². The Kier molecular flexibility index (Phi) is 9.60. The standard InChI is InChI=1S/C30H34FN7O8/c1-17-12-45-30(46-13-17,29(16-32,25(33)41)27-43-14-19(15-44-27)24(39)40)26-36-22(18-4-6-20(31)7-5-18)23(37-26)21-8-9-34-28(35-21)42-11-10-38(2)3/h4-9,17,19,27H,10-15H2,1-3H3,(H2,33,41)(H,36,37)(H,39,40). The number of ether oxygens (including phenoxy) is 5. The van der Waals surface area contributed by atoms with Crippen LogP contribution in [0, 0.1) is 34.4 Å². The molecular weight excluding hydrogens is 605 g/mol.